The number of benzene rings is 2. The lowest BCUT2D eigenvalue weighted by molar-refractivity contribution is 0.474. The van der Waals surface area contributed by atoms with E-state index in [1.54, 1.807) is 29.0 Å². The van der Waals surface area contributed by atoms with Crippen molar-refractivity contribution in [2.75, 3.05) is 0 Å². The highest BCUT2D eigenvalue weighted by atomic mass is 16.3. The molecule has 0 fully saturated rings. The molecule has 2 aromatic heterocycles. The molecule has 4 aromatic rings. The Balaban J connectivity index is 1.84. The average Bonchev–Trinajstić information content (AvgIpc) is 2.96. The number of aromatic hydroxyl groups is 1. The largest absolute Gasteiger partial charge is 0.508 e. The van der Waals surface area contributed by atoms with Gasteiger partial charge in [0.15, 0.2) is 11.5 Å². The number of H-pyrrole nitrogens is 1. The van der Waals surface area contributed by atoms with Gasteiger partial charge in [0.05, 0.1) is 12.7 Å². The minimum absolute atomic E-state index is 0.168. The highest BCUT2D eigenvalue weighted by Gasteiger charge is 2.14. The standard InChI is InChI=1S/C21H20N4O2/c1-13(2)16-8-3-4-9-17(16)19-22-11-18-20(24-19)25(21(27)23-18)12-14-6-5-7-15(26)10-14/h3-11,13,26H,12H2,1-2H3,(H,23,27). The topological polar surface area (TPSA) is 83.8 Å². The van der Waals surface area contributed by atoms with Crippen LogP contribution in [0.25, 0.3) is 22.6 Å². The third-order valence-corrected chi connectivity index (χ3v) is 4.59. The molecule has 4 rings (SSSR count). The Morgan fingerprint density at radius 3 is 2.74 bits per heavy atom. The summed E-state index contributed by atoms with van der Waals surface area (Å²) < 4.78 is 1.56. The molecule has 0 aliphatic rings. The minimum atomic E-state index is -0.253. The van der Waals surface area contributed by atoms with Gasteiger partial charge in [-0.1, -0.05) is 50.2 Å². The van der Waals surface area contributed by atoms with Gasteiger partial charge in [-0.15, -0.1) is 0 Å². The fourth-order valence-corrected chi connectivity index (χ4v) is 3.26. The van der Waals surface area contributed by atoms with Crippen molar-refractivity contribution in [3.8, 4) is 17.1 Å². The van der Waals surface area contributed by atoms with Crippen molar-refractivity contribution >= 4 is 11.2 Å². The molecule has 0 atom stereocenters. The number of aromatic amines is 1. The van der Waals surface area contributed by atoms with Gasteiger partial charge in [0.1, 0.15) is 11.3 Å². The molecule has 6 nitrogen and oxygen atoms in total. The molecule has 0 saturated carbocycles. The minimum Gasteiger partial charge on any atom is -0.508 e. The summed E-state index contributed by atoms with van der Waals surface area (Å²) in [4.78, 5) is 24.4. The van der Waals surface area contributed by atoms with Gasteiger partial charge in [0.2, 0.25) is 0 Å². The Labute approximate surface area is 156 Å². The van der Waals surface area contributed by atoms with Crippen LogP contribution < -0.4 is 5.69 Å². The van der Waals surface area contributed by atoms with Gasteiger partial charge in [-0.25, -0.2) is 14.8 Å². The van der Waals surface area contributed by atoms with E-state index >= 15 is 0 Å². The molecule has 6 heteroatoms. The summed E-state index contributed by atoms with van der Waals surface area (Å²) in [5.74, 6) is 1.10. The summed E-state index contributed by atoms with van der Waals surface area (Å²) >= 11 is 0. The lowest BCUT2D eigenvalue weighted by Gasteiger charge is -2.11. The van der Waals surface area contributed by atoms with E-state index in [9.17, 15) is 9.90 Å². The number of phenols is 1. The molecule has 2 N–H and O–H groups in total. The summed E-state index contributed by atoms with van der Waals surface area (Å²) in [6.07, 6.45) is 1.65. The van der Waals surface area contributed by atoms with E-state index in [-0.39, 0.29) is 11.4 Å². The number of imidazole rings is 1. The number of aromatic nitrogens is 4. The first-order valence-electron chi connectivity index (χ1n) is 8.85. The second-order valence-electron chi connectivity index (χ2n) is 6.86. The van der Waals surface area contributed by atoms with Gasteiger partial charge >= 0.3 is 5.69 Å². The van der Waals surface area contributed by atoms with Crippen LogP contribution in [0.15, 0.2) is 59.5 Å². The van der Waals surface area contributed by atoms with Gasteiger partial charge in [0, 0.05) is 5.56 Å². The normalized spacial score (nSPS) is 11.4. The lowest BCUT2D eigenvalue weighted by atomic mass is 9.97. The smallest absolute Gasteiger partial charge is 0.328 e. The van der Waals surface area contributed by atoms with Crippen LogP contribution in [0.1, 0.15) is 30.9 Å². The van der Waals surface area contributed by atoms with Crippen molar-refractivity contribution in [2.24, 2.45) is 0 Å². The molecule has 2 heterocycles. The van der Waals surface area contributed by atoms with Gasteiger partial charge in [0.25, 0.3) is 0 Å². The zero-order chi connectivity index (χ0) is 19.0. The highest BCUT2D eigenvalue weighted by molar-refractivity contribution is 5.73. The van der Waals surface area contributed by atoms with E-state index in [1.807, 2.05) is 24.3 Å². The number of hydrogen-bond acceptors (Lipinski definition) is 4. The van der Waals surface area contributed by atoms with E-state index in [2.05, 4.69) is 34.9 Å². The Morgan fingerprint density at radius 1 is 1.15 bits per heavy atom. The van der Waals surface area contributed by atoms with E-state index in [4.69, 9.17) is 0 Å². The number of hydrogen-bond donors (Lipinski definition) is 2. The molecule has 0 spiro atoms. The number of fused-ring (bicyclic) bond motifs is 1. The quantitative estimate of drug-likeness (QED) is 0.582. The molecule has 0 aliphatic heterocycles. The molecule has 0 aliphatic carbocycles. The SMILES string of the molecule is CC(C)c1ccccc1-c1ncc2[nH]c(=O)n(Cc3cccc(O)c3)c2n1. The Morgan fingerprint density at radius 2 is 1.96 bits per heavy atom. The molecular weight excluding hydrogens is 340 g/mol. The number of nitrogens with one attached hydrogen (secondary N) is 1. The fraction of sp³-hybridized carbons (Fsp3) is 0.190. The first-order chi connectivity index (χ1) is 13.0. The monoisotopic (exact) mass is 360 g/mol. The Kier molecular flexibility index (Phi) is 4.24. The van der Waals surface area contributed by atoms with Gasteiger partial charge < -0.3 is 10.1 Å². The maximum Gasteiger partial charge on any atom is 0.328 e. The van der Waals surface area contributed by atoms with Crippen molar-refractivity contribution < 1.29 is 5.11 Å². The van der Waals surface area contributed by atoms with Crippen LogP contribution in [0.2, 0.25) is 0 Å². The van der Waals surface area contributed by atoms with Crippen molar-refractivity contribution in [3.05, 3.63) is 76.3 Å². The zero-order valence-electron chi connectivity index (χ0n) is 15.2. The van der Waals surface area contributed by atoms with Crippen LogP contribution >= 0.6 is 0 Å². The number of phenolic OH excluding ortho intramolecular Hbond substituents is 1. The first-order valence-corrected chi connectivity index (χ1v) is 8.85. The maximum absolute atomic E-state index is 12.4. The fourth-order valence-electron chi connectivity index (χ4n) is 3.26. The van der Waals surface area contributed by atoms with Crippen LogP contribution in [0.4, 0.5) is 0 Å². The van der Waals surface area contributed by atoms with Gasteiger partial charge in [-0.3, -0.25) is 4.57 Å². The summed E-state index contributed by atoms with van der Waals surface area (Å²) in [6.45, 7) is 4.58. The molecule has 0 bridgehead atoms. The Bertz CT molecular complexity index is 1170. The van der Waals surface area contributed by atoms with Crippen molar-refractivity contribution in [1.29, 1.82) is 0 Å². The van der Waals surface area contributed by atoms with Crippen LogP contribution in [-0.2, 0) is 6.54 Å². The van der Waals surface area contributed by atoms with Crippen LogP contribution in [0, 0.1) is 0 Å². The van der Waals surface area contributed by atoms with Crippen molar-refractivity contribution in [3.63, 3.8) is 0 Å². The van der Waals surface area contributed by atoms with E-state index in [1.165, 1.54) is 0 Å². The van der Waals surface area contributed by atoms with Gasteiger partial charge in [-0.2, -0.15) is 0 Å². The number of rotatable bonds is 4. The van der Waals surface area contributed by atoms with Crippen molar-refractivity contribution in [1.82, 2.24) is 19.5 Å². The second kappa shape index (κ2) is 6.72. The molecule has 2 aromatic carbocycles. The third-order valence-electron chi connectivity index (χ3n) is 4.59. The maximum atomic E-state index is 12.4. The summed E-state index contributed by atoms with van der Waals surface area (Å²) in [5.41, 5.74) is 3.83. The van der Waals surface area contributed by atoms with Crippen LogP contribution in [-0.4, -0.2) is 24.6 Å². The van der Waals surface area contributed by atoms with Gasteiger partial charge in [-0.05, 0) is 29.2 Å². The highest BCUT2D eigenvalue weighted by Crippen LogP contribution is 2.27. The molecule has 0 radical (unpaired) electrons. The van der Waals surface area contributed by atoms with Crippen molar-refractivity contribution in [2.45, 2.75) is 26.3 Å². The second-order valence-corrected chi connectivity index (χ2v) is 6.86. The summed E-state index contributed by atoms with van der Waals surface area (Å²) in [7, 11) is 0. The predicted octanol–water partition coefficient (Wildman–Crippen LogP) is 3.66. The average molecular weight is 360 g/mol. The Hall–Kier alpha value is -3.41. The predicted molar refractivity (Wildman–Crippen MR) is 105 cm³/mol. The van der Waals surface area contributed by atoms with E-state index < -0.39 is 0 Å². The third kappa shape index (κ3) is 3.21. The summed E-state index contributed by atoms with van der Waals surface area (Å²) in [5, 5.41) is 9.68. The lowest BCUT2D eigenvalue weighted by Crippen LogP contribution is -2.17. The molecule has 0 saturated heterocycles. The molecule has 27 heavy (non-hydrogen) atoms. The van der Waals surface area contributed by atoms with E-state index in [0.717, 1.165) is 16.7 Å². The summed E-state index contributed by atoms with van der Waals surface area (Å²) in [6, 6.07) is 14.9. The van der Waals surface area contributed by atoms with Crippen LogP contribution in [0.5, 0.6) is 5.75 Å². The van der Waals surface area contributed by atoms with E-state index in [0.29, 0.717) is 29.5 Å². The zero-order valence-corrected chi connectivity index (χ0v) is 15.2. The molecular formula is C21H20N4O2. The number of nitrogens with zero attached hydrogens (tertiary/aromatic N) is 3. The molecule has 0 unspecified atom stereocenters. The first kappa shape index (κ1) is 17.0. The molecule has 136 valence electrons. The molecule has 0 amide bonds. The van der Waals surface area contributed by atoms with Crippen LogP contribution in [0.3, 0.4) is 0 Å².